The highest BCUT2D eigenvalue weighted by Gasteiger charge is 2.59. The molecule has 4 amide bonds. The Balaban J connectivity index is 2.85. The van der Waals surface area contributed by atoms with Crippen molar-refractivity contribution in [1.82, 2.24) is 15.5 Å². The molecule has 2 unspecified atom stereocenters. The third-order valence-corrected chi connectivity index (χ3v) is 8.55. The molecule has 2 aromatic carbocycles. The number of benzene rings is 2. The van der Waals surface area contributed by atoms with Crippen LogP contribution in [0.15, 0.2) is 54.6 Å². The minimum Gasteiger partial charge on any atom is -0.444 e. The summed E-state index contributed by atoms with van der Waals surface area (Å²) in [6.07, 6.45) is -2.14. The number of alkyl carbamates (subject to hydrolysis) is 1. The maximum Gasteiger partial charge on any atom is 0.408 e. The van der Waals surface area contributed by atoms with E-state index in [2.05, 4.69) is 10.6 Å². The number of halogens is 2. The number of rotatable bonds is 18. The molecule has 0 aliphatic heterocycles. The molecule has 54 heavy (non-hydrogen) atoms. The van der Waals surface area contributed by atoms with Gasteiger partial charge in [-0.1, -0.05) is 94.8 Å². The molecular formula is C40H57F2N5O7. The minimum atomic E-state index is -4.79. The van der Waals surface area contributed by atoms with Crippen LogP contribution >= 0.6 is 0 Å². The molecular weight excluding hydrogens is 700 g/mol. The van der Waals surface area contributed by atoms with Gasteiger partial charge < -0.3 is 26.8 Å². The van der Waals surface area contributed by atoms with Crippen LogP contribution in [0.4, 0.5) is 13.6 Å². The molecule has 0 heterocycles. The van der Waals surface area contributed by atoms with Crippen molar-refractivity contribution in [3.63, 3.8) is 0 Å². The molecule has 0 aromatic heterocycles. The van der Waals surface area contributed by atoms with Gasteiger partial charge in [-0.2, -0.15) is 8.78 Å². The zero-order valence-corrected chi connectivity index (χ0v) is 32.8. The first-order valence-electron chi connectivity index (χ1n) is 18.2. The average molecular weight is 758 g/mol. The lowest BCUT2D eigenvalue weighted by molar-refractivity contribution is -0.174. The van der Waals surface area contributed by atoms with Crippen molar-refractivity contribution in [3.8, 4) is 0 Å². The molecule has 0 bridgehead atoms. The number of aryl methyl sites for hydroxylation is 1. The van der Waals surface area contributed by atoms with Gasteiger partial charge in [0.1, 0.15) is 11.6 Å². The average Bonchev–Trinajstić information content (AvgIpc) is 3.06. The van der Waals surface area contributed by atoms with Gasteiger partial charge in [-0.3, -0.25) is 28.9 Å². The summed E-state index contributed by atoms with van der Waals surface area (Å²) in [4.78, 5) is 83.6. The Morgan fingerprint density at radius 3 is 1.94 bits per heavy atom. The molecule has 5 atom stereocenters. The number of ether oxygens (including phenoxy) is 1. The van der Waals surface area contributed by atoms with E-state index in [9.17, 15) is 28.8 Å². The second-order valence-electron chi connectivity index (χ2n) is 15.4. The van der Waals surface area contributed by atoms with Crippen LogP contribution in [0.2, 0.25) is 0 Å². The number of amides is 4. The molecule has 0 aliphatic rings. The third-order valence-electron chi connectivity index (χ3n) is 8.55. The monoisotopic (exact) mass is 757 g/mol. The van der Waals surface area contributed by atoms with Crippen LogP contribution in [0.5, 0.6) is 0 Å². The van der Waals surface area contributed by atoms with Crippen LogP contribution in [0.1, 0.15) is 84.9 Å². The molecule has 0 fully saturated rings. The molecule has 12 nitrogen and oxygen atoms in total. The SMILES string of the molecule is CC[C@@H](NC(=O)Cc1cccc(C)c1)C(=O)N(C(=O)[C@@H](N)C(C)C)C(C(=O)[C@H](Cc1ccccc1)NC(=O)OC(C)(C)C)C(F)(F)C(=O)C(N)CC(C)C. The van der Waals surface area contributed by atoms with E-state index in [0.717, 1.165) is 5.56 Å². The zero-order valence-electron chi connectivity index (χ0n) is 32.8. The lowest BCUT2D eigenvalue weighted by Gasteiger charge is -2.39. The summed E-state index contributed by atoms with van der Waals surface area (Å²) in [5.74, 6) is -12.7. The van der Waals surface area contributed by atoms with Gasteiger partial charge in [0.2, 0.25) is 17.6 Å². The lowest BCUT2D eigenvalue weighted by atomic mass is 9.87. The maximum atomic E-state index is 17.1. The highest BCUT2D eigenvalue weighted by Crippen LogP contribution is 2.31. The van der Waals surface area contributed by atoms with E-state index in [1.807, 2.05) is 13.0 Å². The number of carbonyl (C=O) groups excluding carboxylic acids is 6. The lowest BCUT2D eigenvalue weighted by Crippen LogP contribution is -2.69. The van der Waals surface area contributed by atoms with Crippen molar-refractivity contribution in [2.24, 2.45) is 23.3 Å². The Morgan fingerprint density at radius 1 is 0.833 bits per heavy atom. The summed E-state index contributed by atoms with van der Waals surface area (Å²) in [6, 6.07) is 5.08. The number of ketones is 2. The number of carbonyl (C=O) groups is 6. The minimum absolute atomic E-state index is 0.00285. The Bertz CT molecular complexity index is 1630. The van der Waals surface area contributed by atoms with E-state index >= 15 is 8.78 Å². The molecule has 0 saturated carbocycles. The highest BCUT2D eigenvalue weighted by molar-refractivity contribution is 6.09. The first-order chi connectivity index (χ1) is 25.0. The van der Waals surface area contributed by atoms with Gasteiger partial charge in [0, 0.05) is 0 Å². The fourth-order valence-corrected chi connectivity index (χ4v) is 5.75. The van der Waals surface area contributed by atoms with Crippen molar-refractivity contribution in [2.45, 2.75) is 130 Å². The molecule has 0 aliphatic carbocycles. The molecule has 6 N–H and O–H groups in total. The summed E-state index contributed by atoms with van der Waals surface area (Å²) in [7, 11) is 0. The molecule has 2 aromatic rings. The maximum absolute atomic E-state index is 17.1. The standard InChI is InChI=1S/C40H57F2N5O7/c1-10-29(45-31(48)22-27-18-14-15-25(6)20-27)36(51)47(37(52)32(44)24(4)5)34(40(41,42)35(50)28(43)19-23(2)3)33(49)30(21-26-16-12-11-13-17-26)46-38(53)54-39(7,8)9/h11-18,20,23-24,28-30,32,34H,10,19,21-22,43-44H2,1-9H3,(H,45,48)(H,46,53)/t28?,29-,30+,32+,34?/m1/s1. The summed E-state index contributed by atoms with van der Waals surface area (Å²) < 4.78 is 39.5. The van der Waals surface area contributed by atoms with Gasteiger partial charge in [0.25, 0.3) is 5.91 Å². The van der Waals surface area contributed by atoms with E-state index in [1.54, 1.807) is 83.1 Å². The van der Waals surface area contributed by atoms with Gasteiger partial charge in [-0.05, 0) is 69.9 Å². The smallest absolute Gasteiger partial charge is 0.408 e. The number of alkyl halides is 2. The summed E-state index contributed by atoms with van der Waals surface area (Å²) in [5, 5.41) is 4.84. The van der Waals surface area contributed by atoms with Crippen LogP contribution < -0.4 is 22.1 Å². The first kappa shape index (κ1) is 45.6. The zero-order chi connectivity index (χ0) is 41.1. The Morgan fingerprint density at radius 2 is 1.43 bits per heavy atom. The molecule has 0 spiro atoms. The molecule has 14 heteroatoms. The van der Waals surface area contributed by atoms with Gasteiger partial charge in [0.05, 0.1) is 24.5 Å². The van der Waals surface area contributed by atoms with E-state index in [1.165, 1.54) is 20.8 Å². The van der Waals surface area contributed by atoms with E-state index in [0.29, 0.717) is 11.1 Å². The van der Waals surface area contributed by atoms with Gasteiger partial charge in [0.15, 0.2) is 11.8 Å². The largest absolute Gasteiger partial charge is 0.444 e. The first-order valence-corrected chi connectivity index (χ1v) is 18.2. The fraction of sp³-hybridized carbons (Fsp3) is 0.550. The van der Waals surface area contributed by atoms with Crippen LogP contribution in [0.3, 0.4) is 0 Å². The summed E-state index contributed by atoms with van der Waals surface area (Å²) >= 11 is 0. The topological polar surface area (TPSA) is 191 Å². The van der Waals surface area contributed by atoms with Crippen molar-refractivity contribution in [1.29, 1.82) is 0 Å². The van der Waals surface area contributed by atoms with Crippen molar-refractivity contribution in [2.75, 3.05) is 0 Å². The van der Waals surface area contributed by atoms with Crippen molar-refractivity contribution >= 4 is 35.4 Å². The Labute approximate surface area is 317 Å². The summed E-state index contributed by atoms with van der Waals surface area (Å²) in [5.41, 5.74) is 13.0. The fourth-order valence-electron chi connectivity index (χ4n) is 5.75. The second kappa shape index (κ2) is 19.7. The number of hydrogen-bond acceptors (Lipinski definition) is 9. The number of Topliss-reactive ketones (excluding diaryl/α,β-unsaturated/α-hetero) is 2. The van der Waals surface area contributed by atoms with Crippen LogP contribution in [0.25, 0.3) is 0 Å². The van der Waals surface area contributed by atoms with E-state index < -0.39 is 89.5 Å². The Hall–Kier alpha value is -4.56. The number of nitrogens with zero attached hydrogens (tertiary/aromatic N) is 1. The number of nitrogens with two attached hydrogens (primary N) is 2. The van der Waals surface area contributed by atoms with E-state index in [4.69, 9.17) is 16.2 Å². The molecule has 298 valence electrons. The predicted octanol–water partition coefficient (Wildman–Crippen LogP) is 4.42. The van der Waals surface area contributed by atoms with E-state index in [-0.39, 0.29) is 30.1 Å². The van der Waals surface area contributed by atoms with Crippen molar-refractivity contribution < 1.29 is 42.3 Å². The highest BCUT2D eigenvalue weighted by atomic mass is 19.3. The second-order valence-corrected chi connectivity index (χ2v) is 15.4. The van der Waals surface area contributed by atoms with Crippen molar-refractivity contribution in [3.05, 3.63) is 71.3 Å². The van der Waals surface area contributed by atoms with Gasteiger partial charge in [-0.25, -0.2) is 4.79 Å². The van der Waals surface area contributed by atoms with Gasteiger partial charge >= 0.3 is 12.0 Å². The molecule has 0 saturated heterocycles. The van der Waals surface area contributed by atoms with Crippen LogP contribution in [-0.2, 0) is 41.6 Å². The third kappa shape index (κ3) is 13.1. The Kier molecular flexibility index (Phi) is 16.6. The van der Waals surface area contributed by atoms with Crippen LogP contribution in [-0.4, -0.2) is 82.0 Å². The molecule has 0 radical (unpaired) electrons. The van der Waals surface area contributed by atoms with Gasteiger partial charge in [-0.15, -0.1) is 0 Å². The quantitative estimate of drug-likeness (QED) is 0.171. The summed E-state index contributed by atoms with van der Waals surface area (Å²) in [6.45, 7) is 14.3. The predicted molar refractivity (Wildman–Crippen MR) is 201 cm³/mol. The van der Waals surface area contributed by atoms with Crippen LogP contribution in [0, 0.1) is 18.8 Å². The normalized spacial score (nSPS) is 14.7. The number of hydrogen-bond donors (Lipinski definition) is 4. The number of nitrogens with one attached hydrogen (secondary N) is 2. The number of imide groups is 1. The molecule has 2 rings (SSSR count).